The van der Waals surface area contributed by atoms with Crippen molar-refractivity contribution >= 4 is 17.7 Å². The van der Waals surface area contributed by atoms with Gasteiger partial charge in [0.05, 0.1) is 19.9 Å². The Bertz CT molecular complexity index is 629. The molecule has 0 unspecified atom stereocenters. The molecule has 0 amide bonds. The highest BCUT2D eigenvalue weighted by atomic mass is 32.2. The van der Waals surface area contributed by atoms with E-state index in [0.717, 1.165) is 55.7 Å². The summed E-state index contributed by atoms with van der Waals surface area (Å²) in [6, 6.07) is 12.0. The van der Waals surface area contributed by atoms with Crippen molar-refractivity contribution < 1.29 is 9.15 Å². The minimum absolute atomic E-state index is 0.785. The maximum atomic E-state index is 5.40. The predicted octanol–water partition coefficient (Wildman–Crippen LogP) is 2.97. The number of nitrogens with one attached hydrogen (secondary N) is 2. The summed E-state index contributed by atoms with van der Waals surface area (Å²) in [6.07, 6.45) is 5.51. The molecule has 0 atom stereocenters. The largest absolute Gasteiger partial charge is 0.496 e. The molecule has 2 rings (SSSR count). The van der Waals surface area contributed by atoms with Gasteiger partial charge in [0.15, 0.2) is 5.96 Å². The van der Waals surface area contributed by atoms with E-state index in [0.29, 0.717) is 0 Å². The standard InChI is InChI=1S/C19H27N3O2S/c1-23-18-8-4-3-6-16(18)9-11-20-19(22-13-15-25-2)21-12-10-17-7-5-14-24-17/h3-8,14H,9-13,15H2,1-2H3,(H2,20,21,22). The second kappa shape index (κ2) is 11.5. The number of aliphatic imine (C=N–C) groups is 1. The number of nitrogens with zero attached hydrogens (tertiary/aromatic N) is 1. The third-order valence-electron chi connectivity index (χ3n) is 3.69. The summed E-state index contributed by atoms with van der Waals surface area (Å²) in [4.78, 5) is 4.62. The van der Waals surface area contributed by atoms with Crippen LogP contribution in [0, 0.1) is 0 Å². The lowest BCUT2D eigenvalue weighted by molar-refractivity contribution is 0.409. The quantitative estimate of drug-likeness (QED) is 0.387. The SMILES string of the molecule is COc1ccccc1CCNC(=NCCSC)NCCc1ccco1. The molecule has 0 saturated carbocycles. The summed E-state index contributed by atoms with van der Waals surface area (Å²) in [5.41, 5.74) is 1.19. The fourth-order valence-electron chi connectivity index (χ4n) is 2.41. The Morgan fingerprint density at radius 1 is 1.12 bits per heavy atom. The molecular weight excluding hydrogens is 334 g/mol. The third kappa shape index (κ3) is 7.13. The van der Waals surface area contributed by atoms with Gasteiger partial charge >= 0.3 is 0 Å². The Kier molecular flexibility index (Phi) is 8.83. The van der Waals surface area contributed by atoms with E-state index >= 15 is 0 Å². The van der Waals surface area contributed by atoms with Gasteiger partial charge in [-0.05, 0) is 36.4 Å². The van der Waals surface area contributed by atoms with Crippen LogP contribution in [0.25, 0.3) is 0 Å². The van der Waals surface area contributed by atoms with Crippen molar-refractivity contribution in [2.24, 2.45) is 4.99 Å². The average molecular weight is 362 g/mol. The first-order valence-electron chi connectivity index (χ1n) is 8.49. The second-order valence-corrected chi connectivity index (χ2v) is 6.45. The molecule has 0 fully saturated rings. The zero-order chi connectivity index (χ0) is 17.7. The Labute approximate surface area is 154 Å². The van der Waals surface area contributed by atoms with Crippen LogP contribution in [0.1, 0.15) is 11.3 Å². The van der Waals surface area contributed by atoms with Crippen molar-refractivity contribution in [3.05, 3.63) is 54.0 Å². The van der Waals surface area contributed by atoms with Crippen LogP contribution in [0.3, 0.4) is 0 Å². The highest BCUT2D eigenvalue weighted by Crippen LogP contribution is 2.17. The second-order valence-electron chi connectivity index (χ2n) is 5.47. The van der Waals surface area contributed by atoms with Crippen LogP contribution >= 0.6 is 11.8 Å². The van der Waals surface area contributed by atoms with Gasteiger partial charge in [-0.25, -0.2) is 0 Å². The number of rotatable bonds is 10. The van der Waals surface area contributed by atoms with E-state index in [1.807, 2.05) is 30.3 Å². The Hall–Kier alpha value is -2.08. The summed E-state index contributed by atoms with van der Waals surface area (Å²) in [5, 5.41) is 6.77. The normalized spacial score (nSPS) is 11.4. The van der Waals surface area contributed by atoms with E-state index in [1.165, 1.54) is 5.56 Å². The highest BCUT2D eigenvalue weighted by molar-refractivity contribution is 7.98. The molecule has 0 saturated heterocycles. The number of para-hydroxylation sites is 1. The van der Waals surface area contributed by atoms with E-state index in [2.05, 4.69) is 27.9 Å². The van der Waals surface area contributed by atoms with E-state index in [9.17, 15) is 0 Å². The summed E-state index contributed by atoms with van der Waals surface area (Å²) in [7, 11) is 1.71. The van der Waals surface area contributed by atoms with Gasteiger partial charge in [-0.3, -0.25) is 4.99 Å². The van der Waals surface area contributed by atoms with Gasteiger partial charge < -0.3 is 19.8 Å². The topological polar surface area (TPSA) is 58.8 Å². The Morgan fingerprint density at radius 3 is 2.64 bits per heavy atom. The van der Waals surface area contributed by atoms with E-state index in [4.69, 9.17) is 9.15 Å². The molecule has 25 heavy (non-hydrogen) atoms. The van der Waals surface area contributed by atoms with Gasteiger partial charge in [-0.1, -0.05) is 18.2 Å². The van der Waals surface area contributed by atoms with Gasteiger partial charge in [0, 0.05) is 25.3 Å². The lowest BCUT2D eigenvalue weighted by Crippen LogP contribution is -2.39. The molecule has 0 aliphatic rings. The number of benzene rings is 1. The number of ether oxygens (including phenoxy) is 1. The van der Waals surface area contributed by atoms with Crippen LogP contribution in [0.5, 0.6) is 5.75 Å². The van der Waals surface area contributed by atoms with E-state index < -0.39 is 0 Å². The monoisotopic (exact) mass is 361 g/mol. The van der Waals surface area contributed by atoms with E-state index in [1.54, 1.807) is 25.1 Å². The maximum Gasteiger partial charge on any atom is 0.191 e. The van der Waals surface area contributed by atoms with Crippen molar-refractivity contribution in [1.29, 1.82) is 0 Å². The zero-order valence-corrected chi connectivity index (χ0v) is 15.8. The average Bonchev–Trinajstić information content (AvgIpc) is 3.15. The van der Waals surface area contributed by atoms with Crippen molar-refractivity contribution in [3.63, 3.8) is 0 Å². The van der Waals surface area contributed by atoms with Crippen LogP contribution in [0.2, 0.25) is 0 Å². The van der Waals surface area contributed by atoms with Crippen molar-refractivity contribution in [1.82, 2.24) is 10.6 Å². The van der Waals surface area contributed by atoms with Crippen LogP contribution in [-0.2, 0) is 12.8 Å². The first-order valence-corrected chi connectivity index (χ1v) is 9.88. The molecule has 1 heterocycles. The molecule has 0 aliphatic heterocycles. The number of hydrogen-bond acceptors (Lipinski definition) is 4. The smallest absolute Gasteiger partial charge is 0.191 e. The predicted molar refractivity (Wildman–Crippen MR) is 106 cm³/mol. The zero-order valence-electron chi connectivity index (χ0n) is 15.0. The van der Waals surface area contributed by atoms with Gasteiger partial charge in [0.2, 0.25) is 0 Å². The summed E-state index contributed by atoms with van der Waals surface area (Å²) in [5.74, 6) is 3.76. The number of hydrogen-bond donors (Lipinski definition) is 2. The summed E-state index contributed by atoms with van der Waals surface area (Å²) < 4.78 is 10.8. The molecule has 2 aromatic rings. The first-order chi connectivity index (χ1) is 12.3. The number of methoxy groups -OCH3 is 1. The van der Waals surface area contributed by atoms with Gasteiger partial charge in [0.1, 0.15) is 11.5 Å². The molecule has 5 nitrogen and oxygen atoms in total. The minimum Gasteiger partial charge on any atom is -0.496 e. The molecule has 0 spiro atoms. The van der Waals surface area contributed by atoms with E-state index in [-0.39, 0.29) is 0 Å². The van der Waals surface area contributed by atoms with Crippen molar-refractivity contribution in [3.8, 4) is 5.75 Å². The van der Waals surface area contributed by atoms with Gasteiger partial charge in [0.25, 0.3) is 0 Å². The maximum absolute atomic E-state index is 5.40. The Morgan fingerprint density at radius 2 is 1.92 bits per heavy atom. The van der Waals surface area contributed by atoms with Crippen LogP contribution in [0.4, 0.5) is 0 Å². The molecule has 2 N–H and O–H groups in total. The lowest BCUT2D eigenvalue weighted by Gasteiger charge is -2.13. The van der Waals surface area contributed by atoms with Gasteiger partial charge in [-0.2, -0.15) is 11.8 Å². The molecule has 0 radical (unpaired) electrons. The number of thioether (sulfide) groups is 1. The number of furan rings is 1. The lowest BCUT2D eigenvalue weighted by atomic mass is 10.1. The molecule has 136 valence electrons. The van der Waals surface area contributed by atoms with Crippen LogP contribution < -0.4 is 15.4 Å². The Balaban J connectivity index is 1.81. The minimum atomic E-state index is 0.785. The molecule has 0 bridgehead atoms. The fraction of sp³-hybridized carbons (Fsp3) is 0.421. The van der Waals surface area contributed by atoms with Crippen LogP contribution in [0.15, 0.2) is 52.1 Å². The molecular formula is C19H27N3O2S. The third-order valence-corrected chi connectivity index (χ3v) is 4.28. The molecule has 1 aromatic carbocycles. The molecule has 0 aliphatic carbocycles. The molecule has 1 aromatic heterocycles. The van der Waals surface area contributed by atoms with Crippen molar-refractivity contribution in [2.75, 3.05) is 38.8 Å². The summed E-state index contributed by atoms with van der Waals surface area (Å²) >= 11 is 1.80. The number of guanidine groups is 1. The molecule has 6 heteroatoms. The first kappa shape index (κ1) is 19.2. The van der Waals surface area contributed by atoms with Crippen LogP contribution in [-0.4, -0.2) is 44.7 Å². The summed E-state index contributed by atoms with van der Waals surface area (Å²) in [6.45, 7) is 2.38. The van der Waals surface area contributed by atoms with Crippen molar-refractivity contribution in [2.45, 2.75) is 12.8 Å². The highest BCUT2D eigenvalue weighted by Gasteiger charge is 2.03. The fourth-order valence-corrected chi connectivity index (χ4v) is 2.68. The van der Waals surface area contributed by atoms with Gasteiger partial charge in [-0.15, -0.1) is 0 Å².